The van der Waals surface area contributed by atoms with Crippen LogP contribution >= 0.6 is 11.3 Å². The maximum absolute atomic E-state index is 12.4. The SMILES string of the molecule is CCC(CC)c1nnc(NC(=O)c2cccc3cn[nH]c23)s1. The zero-order valence-corrected chi connectivity index (χ0v) is 13.3. The molecular formula is C15H17N5OS. The number of benzene rings is 1. The van der Waals surface area contributed by atoms with Crippen molar-refractivity contribution in [2.45, 2.75) is 32.6 Å². The summed E-state index contributed by atoms with van der Waals surface area (Å²) in [5.41, 5.74) is 1.28. The molecule has 0 unspecified atom stereocenters. The highest BCUT2D eigenvalue weighted by Gasteiger charge is 2.16. The van der Waals surface area contributed by atoms with Crippen LogP contribution in [0.4, 0.5) is 5.13 Å². The van der Waals surface area contributed by atoms with Crippen molar-refractivity contribution in [3.63, 3.8) is 0 Å². The number of nitrogens with one attached hydrogen (secondary N) is 2. The van der Waals surface area contributed by atoms with E-state index >= 15 is 0 Å². The third kappa shape index (κ3) is 2.71. The summed E-state index contributed by atoms with van der Waals surface area (Å²) in [6, 6.07) is 5.51. The van der Waals surface area contributed by atoms with Gasteiger partial charge in [0.25, 0.3) is 5.91 Å². The van der Waals surface area contributed by atoms with Gasteiger partial charge in [0.05, 0.1) is 17.3 Å². The molecule has 7 heteroatoms. The molecule has 0 saturated heterocycles. The summed E-state index contributed by atoms with van der Waals surface area (Å²) >= 11 is 1.44. The molecule has 1 aromatic carbocycles. The summed E-state index contributed by atoms with van der Waals surface area (Å²) in [5, 5.41) is 20.3. The Kier molecular flexibility index (Phi) is 4.15. The smallest absolute Gasteiger partial charge is 0.259 e. The topological polar surface area (TPSA) is 83.6 Å². The van der Waals surface area contributed by atoms with Crippen molar-refractivity contribution in [2.24, 2.45) is 0 Å². The number of para-hydroxylation sites is 1. The quantitative estimate of drug-likeness (QED) is 0.754. The van der Waals surface area contributed by atoms with Gasteiger partial charge in [-0.05, 0) is 18.9 Å². The van der Waals surface area contributed by atoms with Crippen LogP contribution in [0, 0.1) is 0 Å². The molecule has 0 radical (unpaired) electrons. The molecule has 114 valence electrons. The second kappa shape index (κ2) is 6.23. The predicted octanol–water partition coefficient (Wildman–Crippen LogP) is 3.57. The third-order valence-electron chi connectivity index (χ3n) is 3.72. The Labute approximate surface area is 132 Å². The molecule has 0 aliphatic carbocycles. The number of carbonyl (C=O) groups excluding carboxylic acids is 1. The van der Waals surface area contributed by atoms with Crippen LogP contribution in [0.15, 0.2) is 24.4 Å². The average molecular weight is 315 g/mol. The van der Waals surface area contributed by atoms with E-state index in [9.17, 15) is 4.79 Å². The molecule has 0 aliphatic rings. The van der Waals surface area contributed by atoms with Crippen LogP contribution < -0.4 is 5.32 Å². The Morgan fingerprint density at radius 2 is 2.14 bits per heavy atom. The number of hydrogen-bond acceptors (Lipinski definition) is 5. The van der Waals surface area contributed by atoms with Gasteiger partial charge in [0.15, 0.2) is 0 Å². The summed E-state index contributed by atoms with van der Waals surface area (Å²) < 4.78 is 0. The lowest BCUT2D eigenvalue weighted by Crippen LogP contribution is -2.12. The highest BCUT2D eigenvalue weighted by Crippen LogP contribution is 2.28. The van der Waals surface area contributed by atoms with E-state index in [2.05, 4.69) is 39.6 Å². The molecule has 3 rings (SSSR count). The van der Waals surface area contributed by atoms with Crippen LogP contribution in [0.25, 0.3) is 10.9 Å². The first-order chi connectivity index (χ1) is 10.7. The number of amides is 1. The summed E-state index contributed by atoms with van der Waals surface area (Å²) in [6.07, 6.45) is 3.74. The molecular weight excluding hydrogens is 298 g/mol. The van der Waals surface area contributed by atoms with Crippen molar-refractivity contribution >= 4 is 33.3 Å². The standard InChI is InChI=1S/C15H17N5OS/c1-3-9(4-2)14-19-20-15(22-14)17-13(21)11-7-5-6-10-8-16-18-12(10)11/h5-9H,3-4H2,1-2H3,(H,16,18)(H,17,20,21). The van der Waals surface area contributed by atoms with Gasteiger partial charge in [-0.25, -0.2) is 0 Å². The van der Waals surface area contributed by atoms with E-state index in [1.165, 1.54) is 11.3 Å². The van der Waals surface area contributed by atoms with Crippen molar-refractivity contribution in [2.75, 3.05) is 5.32 Å². The summed E-state index contributed by atoms with van der Waals surface area (Å²) in [4.78, 5) is 12.4. The number of aromatic amines is 1. The number of rotatable bonds is 5. The number of fused-ring (bicyclic) bond motifs is 1. The molecule has 2 N–H and O–H groups in total. The molecule has 3 aromatic rings. The van der Waals surface area contributed by atoms with Gasteiger partial charge in [0.2, 0.25) is 5.13 Å². The van der Waals surface area contributed by atoms with Crippen LogP contribution in [0.5, 0.6) is 0 Å². The van der Waals surface area contributed by atoms with Crippen molar-refractivity contribution in [3.8, 4) is 0 Å². The molecule has 0 fully saturated rings. The maximum atomic E-state index is 12.4. The van der Waals surface area contributed by atoms with Crippen molar-refractivity contribution < 1.29 is 4.79 Å². The van der Waals surface area contributed by atoms with E-state index in [4.69, 9.17) is 0 Å². The first-order valence-electron chi connectivity index (χ1n) is 7.29. The molecule has 22 heavy (non-hydrogen) atoms. The van der Waals surface area contributed by atoms with Gasteiger partial charge in [0, 0.05) is 11.3 Å². The first-order valence-corrected chi connectivity index (χ1v) is 8.11. The van der Waals surface area contributed by atoms with Gasteiger partial charge < -0.3 is 0 Å². The van der Waals surface area contributed by atoms with Crippen LogP contribution in [0.3, 0.4) is 0 Å². The van der Waals surface area contributed by atoms with Crippen molar-refractivity contribution in [3.05, 3.63) is 35.0 Å². The highest BCUT2D eigenvalue weighted by molar-refractivity contribution is 7.15. The van der Waals surface area contributed by atoms with Gasteiger partial charge in [-0.1, -0.05) is 37.3 Å². The largest absolute Gasteiger partial charge is 0.296 e. The van der Waals surface area contributed by atoms with Gasteiger partial charge in [0.1, 0.15) is 5.01 Å². The second-order valence-electron chi connectivity index (χ2n) is 5.05. The first kappa shape index (κ1) is 14.6. The number of nitrogens with zero attached hydrogens (tertiary/aromatic N) is 3. The summed E-state index contributed by atoms with van der Waals surface area (Å²) in [5.74, 6) is 0.196. The van der Waals surface area contributed by atoms with E-state index in [0.29, 0.717) is 16.6 Å². The van der Waals surface area contributed by atoms with Crippen LogP contribution in [-0.4, -0.2) is 26.3 Å². The minimum absolute atomic E-state index is 0.206. The molecule has 0 spiro atoms. The van der Waals surface area contributed by atoms with Gasteiger partial charge >= 0.3 is 0 Å². The highest BCUT2D eigenvalue weighted by atomic mass is 32.1. The molecule has 0 atom stereocenters. The molecule has 2 aromatic heterocycles. The zero-order chi connectivity index (χ0) is 15.5. The Hall–Kier alpha value is -2.28. The number of hydrogen-bond donors (Lipinski definition) is 2. The lowest BCUT2D eigenvalue weighted by molar-refractivity contribution is 0.102. The minimum atomic E-state index is -0.206. The Balaban J connectivity index is 1.81. The van der Waals surface area contributed by atoms with E-state index in [-0.39, 0.29) is 5.91 Å². The van der Waals surface area contributed by atoms with Crippen molar-refractivity contribution in [1.82, 2.24) is 20.4 Å². The maximum Gasteiger partial charge on any atom is 0.259 e. The Bertz CT molecular complexity index is 790. The van der Waals surface area contributed by atoms with Gasteiger partial charge in [-0.3, -0.25) is 15.2 Å². The second-order valence-corrected chi connectivity index (χ2v) is 6.06. The zero-order valence-electron chi connectivity index (χ0n) is 12.5. The predicted molar refractivity (Wildman–Crippen MR) is 87.3 cm³/mol. The van der Waals surface area contributed by atoms with Gasteiger partial charge in [-0.15, -0.1) is 10.2 Å². The van der Waals surface area contributed by atoms with Crippen LogP contribution in [0.2, 0.25) is 0 Å². The lowest BCUT2D eigenvalue weighted by Gasteiger charge is -2.06. The average Bonchev–Trinajstić information content (AvgIpc) is 3.17. The normalized spacial score (nSPS) is 11.2. The van der Waals surface area contributed by atoms with Crippen LogP contribution in [-0.2, 0) is 0 Å². The number of aromatic nitrogens is 4. The molecule has 2 heterocycles. The molecule has 0 bridgehead atoms. The van der Waals surface area contributed by atoms with E-state index in [0.717, 1.165) is 28.8 Å². The Morgan fingerprint density at radius 1 is 1.32 bits per heavy atom. The molecule has 6 nitrogen and oxygen atoms in total. The number of H-pyrrole nitrogens is 1. The minimum Gasteiger partial charge on any atom is -0.296 e. The van der Waals surface area contributed by atoms with Crippen LogP contribution in [0.1, 0.15) is 48.0 Å². The molecule has 0 aliphatic heterocycles. The van der Waals surface area contributed by atoms with E-state index in [1.54, 1.807) is 12.3 Å². The number of anilines is 1. The number of carbonyl (C=O) groups is 1. The summed E-state index contributed by atoms with van der Waals surface area (Å²) in [7, 11) is 0. The fraction of sp³-hybridized carbons (Fsp3) is 0.333. The fourth-order valence-electron chi connectivity index (χ4n) is 2.41. The molecule has 1 amide bonds. The fourth-order valence-corrected chi connectivity index (χ4v) is 3.42. The Morgan fingerprint density at radius 3 is 2.91 bits per heavy atom. The molecule has 0 saturated carbocycles. The monoisotopic (exact) mass is 315 g/mol. The summed E-state index contributed by atoms with van der Waals surface area (Å²) in [6.45, 7) is 4.26. The van der Waals surface area contributed by atoms with Gasteiger partial charge in [-0.2, -0.15) is 5.10 Å². The van der Waals surface area contributed by atoms with E-state index in [1.807, 2.05) is 12.1 Å². The van der Waals surface area contributed by atoms with E-state index < -0.39 is 0 Å². The van der Waals surface area contributed by atoms with Crippen molar-refractivity contribution in [1.29, 1.82) is 0 Å². The lowest BCUT2D eigenvalue weighted by atomic mass is 10.1. The third-order valence-corrected chi connectivity index (χ3v) is 4.72.